The van der Waals surface area contributed by atoms with Crippen LogP contribution in [0.2, 0.25) is 0 Å². The van der Waals surface area contributed by atoms with Gasteiger partial charge in [-0.1, -0.05) is 6.07 Å². The molecule has 0 fully saturated rings. The molecule has 1 aromatic rings. The fourth-order valence-corrected chi connectivity index (χ4v) is 2.20. The third kappa shape index (κ3) is 3.36. The summed E-state index contributed by atoms with van der Waals surface area (Å²) in [6, 6.07) is 3.48. The summed E-state index contributed by atoms with van der Waals surface area (Å²) < 4.78 is 46.8. The zero-order valence-corrected chi connectivity index (χ0v) is 10.1. The maximum atomic E-state index is 12.0. The number of halogens is 2. The zero-order valence-electron chi connectivity index (χ0n) is 9.26. The minimum absolute atomic E-state index is 0.247. The average Bonchev–Trinajstić information content (AvgIpc) is 2.24. The van der Waals surface area contributed by atoms with Crippen molar-refractivity contribution in [3.05, 3.63) is 28.3 Å². The van der Waals surface area contributed by atoms with Gasteiger partial charge in [-0.2, -0.15) is 0 Å². The van der Waals surface area contributed by atoms with Crippen molar-refractivity contribution in [1.29, 1.82) is 0 Å². The molecule has 0 saturated carbocycles. The second-order valence-corrected chi connectivity index (χ2v) is 5.44. The predicted octanol–water partition coefficient (Wildman–Crippen LogP) is 1.68. The van der Waals surface area contributed by atoms with E-state index in [-0.39, 0.29) is 5.69 Å². The molecule has 0 heterocycles. The van der Waals surface area contributed by atoms with Gasteiger partial charge in [0.05, 0.1) is 11.5 Å². The molecule has 0 aliphatic rings. The number of alkyl halides is 2. The summed E-state index contributed by atoms with van der Waals surface area (Å²) in [5, 5.41) is 13.0. The quantitative estimate of drug-likeness (QED) is 0.654. The Morgan fingerprint density at radius 2 is 2.06 bits per heavy atom. The van der Waals surface area contributed by atoms with E-state index >= 15 is 0 Å². The van der Waals surface area contributed by atoms with Crippen molar-refractivity contribution >= 4 is 21.2 Å². The number of nitro groups is 1. The van der Waals surface area contributed by atoms with Gasteiger partial charge in [-0.15, -0.1) is 0 Å². The van der Waals surface area contributed by atoms with E-state index in [1.165, 1.54) is 12.1 Å². The van der Waals surface area contributed by atoms with E-state index in [2.05, 4.69) is 5.32 Å². The van der Waals surface area contributed by atoms with Gasteiger partial charge < -0.3 is 5.32 Å². The summed E-state index contributed by atoms with van der Waals surface area (Å²) in [7, 11) is -3.81. The molecule has 1 aromatic carbocycles. The van der Waals surface area contributed by atoms with E-state index in [1.807, 2.05) is 0 Å². The summed E-state index contributed by atoms with van der Waals surface area (Å²) in [5.74, 6) is 0. The summed E-state index contributed by atoms with van der Waals surface area (Å²) in [6.45, 7) is -0.798. The molecule has 0 aromatic heterocycles. The number of para-hydroxylation sites is 1. The molecule has 9 heteroatoms. The molecule has 0 aliphatic carbocycles. The molecule has 0 atom stereocenters. The Balaban J connectivity index is 3.31. The first-order valence-electron chi connectivity index (χ1n) is 4.73. The Bertz CT molecular complexity index is 560. The van der Waals surface area contributed by atoms with Crippen LogP contribution in [-0.4, -0.2) is 32.6 Å². The van der Waals surface area contributed by atoms with Gasteiger partial charge in [-0.3, -0.25) is 10.1 Å². The zero-order chi connectivity index (χ0) is 13.9. The van der Waals surface area contributed by atoms with Gasteiger partial charge in [0.25, 0.3) is 6.43 Å². The van der Waals surface area contributed by atoms with Crippen molar-refractivity contribution in [1.82, 2.24) is 0 Å². The van der Waals surface area contributed by atoms with Crippen molar-refractivity contribution in [3.8, 4) is 0 Å². The van der Waals surface area contributed by atoms with Gasteiger partial charge in [-0.05, 0) is 12.1 Å². The normalized spacial score (nSPS) is 11.6. The standard InChI is InChI=1S/C9H10F2N2O4S/c1-18(16,17)7-4-2-3-6(9(7)13(14)15)12-5-8(10)11/h2-4,8,12H,5H2,1H3. The second kappa shape index (κ2) is 5.25. The number of hydrogen-bond donors (Lipinski definition) is 1. The minimum Gasteiger partial charge on any atom is -0.374 e. The van der Waals surface area contributed by atoms with Gasteiger partial charge in [0.1, 0.15) is 10.6 Å². The van der Waals surface area contributed by atoms with Crippen LogP contribution in [0.15, 0.2) is 23.1 Å². The first-order valence-corrected chi connectivity index (χ1v) is 6.62. The first kappa shape index (κ1) is 14.3. The van der Waals surface area contributed by atoms with Crippen LogP contribution in [0.1, 0.15) is 0 Å². The summed E-state index contributed by atoms with van der Waals surface area (Å²) in [4.78, 5) is 9.43. The van der Waals surface area contributed by atoms with Gasteiger partial charge >= 0.3 is 5.69 Å². The summed E-state index contributed by atoms with van der Waals surface area (Å²) in [5.41, 5.74) is -0.969. The van der Waals surface area contributed by atoms with Crippen molar-refractivity contribution in [2.75, 3.05) is 18.1 Å². The maximum absolute atomic E-state index is 12.0. The van der Waals surface area contributed by atoms with Crippen LogP contribution < -0.4 is 5.32 Å². The molecule has 100 valence electrons. The lowest BCUT2D eigenvalue weighted by Crippen LogP contribution is -2.13. The lowest BCUT2D eigenvalue weighted by atomic mass is 10.2. The smallest absolute Gasteiger partial charge is 0.310 e. The highest BCUT2D eigenvalue weighted by atomic mass is 32.2. The van der Waals surface area contributed by atoms with Gasteiger partial charge in [-0.25, -0.2) is 17.2 Å². The van der Waals surface area contributed by atoms with Gasteiger partial charge in [0, 0.05) is 6.26 Å². The van der Waals surface area contributed by atoms with E-state index in [4.69, 9.17) is 0 Å². The largest absolute Gasteiger partial charge is 0.374 e. The molecule has 0 amide bonds. The number of nitro benzene ring substituents is 1. The third-order valence-electron chi connectivity index (χ3n) is 2.03. The molecule has 0 unspecified atom stereocenters. The van der Waals surface area contributed by atoms with E-state index in [1.54, 1.807) is 0 Å². The number of hydrogen-bond acceptors (Lipinski definition) is 5. The monoisotopic (exact) mass is 280 g/mol. The number of benzene rings is 1. The Morgan fingerprint density at radius 1 is 1.44 bits per heavy atom. The molecule has 6 nitrogen and oxygen atoms in total. The number of sulfone groups is 1. The van der Waals surface area contributed by atoms with Crippen LogP contribution in [0.3, 0.4) is 0 Å². The molecule has 0 radical (unpaired) electrons. The highest BCUT2D eigenvalue weighted by molar-refractivity contribution is 7.90. The fraction of sp³-hybridized carbons (Fsp3) is 0.333. The van der Waals surface area contributed by atoms with Crippen LogP contribution in [0.5, 0.6) is 0 Å². The van der Waals surface area contributed by atoms with Crippen LogP contribution in [0, 0.1) is 10.1 Å². The first-order chi connectivity index (χ1) is 8.23. The molecule has 1 N–H and O–H groups in total. The summed E-state index contributed by atoms with van der Waals surface area (Å²) in [6.07, 6.45) is -1.89. The van der Waals surface area contributed by atoms with Crippen LogP contribution >= 0.6 is 0 Å². The third-order valence-corrected chi connectivity index (χ3v) is 3.16. The lowest BCUT2D eigenvalue weighted by Gasteiger charge is -2.08. The molecular weight excluding hydrogens is 270 g/mol. The molecular formula is C9H10F2N2O4S. The number of nitrogens with one attached hydrogen (secondary N) is 1. The topological polar surface area (TPSA) is 89.3 Å². The van der Waals surface area contributed by atoms with Crippen molar-refractivity contribution < 1.29 is 22.1 Å². The van der Waals surface area contributed by atoms with E-state index in [0.717, 1.165) is 12.3 Å². The van der Waals surface area contributed by atoms with Crippen molar-refractivity contribution in [2.24, 2.45) is 0 Å². The number of anilines is 1. The Kier molecular flexibility index (Phi) is 4.17. The fourth-order valence-electron chi connectivity index (χ4n) is 1.34. The average molecular weight is 280 g/mol. The maximum Gasteiger partial charge on any atom is 0.310 e. The Morgan fingerprint density at radius 3 is 2.50 bits per heavy atom. The van der Waals surface area contributed by atoms with Crippen LogP contribution in [0.4, 0.5) is 20.2 Å². The van der Waals surface area contributed by atoms with Crippen LogP contribution in [-0.2, 0) is 9.84 Å². The predicted molar refractivity (Wildman–Crippen MR) is 60.7 cm³/mol. The van der Waals surface area contributed by atoms with E-state index in [9.17, 15) is 27.3 Å². The minimum atomic E-state index is -3.81. The van der Waals surface area contributed by atoms with Crippen LogP contribution in [0.25, 0.3) is 0 Å². The molecule has 0 aliphatic heterocycles. The molecule has 1 rings (SSSR count). The van der Waals surface area contributed by atoms with Crippen molar-refractivity contribution in [2.45, 2.75) is 11.3 Å². The van der Waals surface area contributed by atoms with Crippen molar-refractivity contribution in [3.63, 3.8) is 0 Å². The summed E-state index contributed by atoms with van der Waals surface area (Å²) >= 11 is 0. The second-order valence-electron chi connectivity index (χ2n) is 3.45. The molecule has 18 heavy (non-hydrogen) atoms. The number of nitrogens with zero attached hydrogens (tertiary/aromatic N) is 1. The molecule has 0 spiro atoms. The SMILES string of the molecule is CS(=O)(=O)c1cccc(NCC(F)F)c1[N+](=O)[O-]. The van der Waals surface area contributed by atoms with E-state index in [0.29, 0.717) is 0 Å². The van der Waals surface area contributed by atoms with Gasteiger partial charge in [0.15, 0.2) is 9.84 Å². The molecule has 0 saturated heterocycles. The highest BCUT2D eigenvalue weighted by Gasteiger charge is 2.26. The van der Waals surface area contributed by atoms with E-state index < -0.39 is 38.3 Å². The highest BCUT2D eigenvalue weighted by Crippen LogP contribution is 2.31. The molecule has 0 bridgehead atoms. The Hall–Kier alpha value is -1.77. The lowest BCUT2D eigenvalue weighted by molar-refractivity contribution is -0.386. The van der Waals surface area contributed by atoms with Gasteiger partial charge in [0.2, 0.25) is 0 Å². The Labute approximate surface area is 102 Å². The number of rotatable bonds is 5.